The minimum absolute atomic E-state index is 0.0758. The molecule has 2 rings (SSSR count). The highest BCUT2D eigenvalue weighted by Crippen LogP contribution is 2.12. The van der Waals surface area contributed by atoms with Gasteiger partial charge in [-0.2, -0.15) is 0 Å². The van der Waals surface area contributed by atoms with Crippen molar-refractivity contribution >= 4 is 11.0 Å². The molecule has 0 aliphatic carbocycles. The first-order valence-corrected chi connectivity index (χ1v) is 4.06. The lowest BCUT2D eigenvalue weighted by Crippen LogP contribution is -2.33. The van der Waals surface area contributed by atoms with Gasteiger partial charge in [0.1, 0.15) is 16.8 Å². The van der Waals surface area contributed by atoms with Crippen molar-refractivity contribution in [2.45, 2.75) is 0 Å². The van der Waals surface area contributed by atoms with E-state index in [1.165, 1.54) is 7.05 Å². The van der Waals surface area contributed by atoms with Crippen LogP contribution >= 0.6 is 0 Å². The van der Waals surface area contributed by atoms with Crippen molar-refractivity contribution in [3.63, 3.8) is 0 Å². The fourth-order valence-electron chi connectivity index (χ4n) is 1.31. The summed E-state index contributed by atoms with van der Waals surface area (Å²) >= 11 is 0. The Hall–Kier alpha value is -2.31. The van der Waals surface area contributed by atoms with Crippen LogP contribution in [0.5, 0.6) is 5.75 Å². The first-order valence-electron chi connectivity index (χ1n) is 4.06. The molecule has 0 saturated heterocycles. The lowest BCUT2D eigenvalue weighted by Gasteiger charge is -2.01. The van der Waals surface area contributed by atoms with Gasteiger partial charge in [0.2, 0.25) is 0 Å². The summed E-state index contributed by atoms with van der Waals surface area (Å²) in [6, 6.07) is 0.877. The Morgan fingerprint density at radius 3 is 2.60 bits per heavy atom. The summed E-state index contributed by atoms with van der Waals surface area (Å²) in [7, 11) is 1.27. The molecule has 0 radical (unpaired) electrons. The van der Waals surface area contributed by atoms with E-state index < -0.39 is 22.6 Å². The van der Waals surface area contributed by atoms with Gasteiger partial charge in [-0.15, -0.1) is 0 Å². The zero-order valence-electron chi connectivity index (χ0n) is 7.70. The lowest BCUT2D eigenvalue weighted by atomic mass is 10.3. The highest BCUT2D eigenvalue weighted by atomic mass is 16.3. The Morgan fingerprint density at radius 1 is 1.27 bits per heavy atom. The number of H-pyrrole nitrogens is 2. The third-order valence-corrected chi connectivity index (χ3v) is 2.08. The van der Waals surface area contributed by atoms with Gasteiger partial charge in [0.15, 0.2) is 0 Å². The number of hydrogen-bond acceptors (Lipinski definition) is 4. The van der Waals surface area contributed by atoms with E-state index in [2.05, 4.69) is 9.97 Å². The third-order valence-electron chi connectivity index (χ3n) is 2.08. The SMILES string of the molecule is Cn1c(=O)[nH]c2[nH]c(=O)cc(O)c2c1=O. The van der Waals surface area contributed by atoms with E-state index in [0.29, 0.717) is 0 Å². The number of pyridine rings is 1. The second-order valence-electron chi connectivity index (χ2n) is 3.06. The maximum absolute atomic E-state index is 11.5. The Bertz CT molecular complexity index is 706. The molecule has 78 valence electrons. The summed E-state index contributed by atoms with van der Waals surface area (Å²) in [6.45, 7) is 0. The summed E-state index contributed by atoms with van der Waals surface area (Å²) in [5.74, 6) is -0.453. The summed E-state index contributed by atoms with van der Waals surface area (Å²) in [5.41, 5.74) is -1.99. The van der Waals surface area contributed by atoms with Crippen LogP contribution in [0.2, 0.25) is 0 Å². The van der Waals surface area contributed by atoms with Crippen LogP contribution in [0.4, 0.5) is 0 Å². The van der Waals surface area contributed by atoms with Gasteiger partial charge in [-0.3, -0.25) is 19.1 Å². The van der Waals surface area contributed by atoms with Crippen LogP contribution in [-0.4, -0.2) is 19.6 Å². The average molecular weight is 209 g/mol. The molecule has 2 aromatic heterocycles. The zero-order chi connectivity index (χ0) is 11.2. The summed E-state index contributed by atoms with van der Waals surface area (Å²) in [6.07, 6.45) is 0. The van der Waals surface area contributed by atoms with E-state index in [1.54, 1.807) is 0 Å². The second-order valence-corrected chi connectivity index (χ2v) is 3.06. The first-order chi connectivity index (χ1) is 7.00. The minimum atomic E-state index is -0.664. The van der Waals surface area contributed by atoms with Crippen LogP contribution in [0.25, 0.3) is 11.0 Å². The molecule has 0 fully saturated rings. The van der Waals surface area contributed by atoms with E-state index in [4.69, 9.17) is 0 Å². The van der Waals surface area contributed by atoms with Gasteiger partial charge in [-0.1, -0.05) is 0 Å². The highest BCUT2D eigenvalue weighted by molar-refractivity contribution is 5.79. The molecule has 7 heteroatoms. The van der Waals surface area contributed by atoms with E-state index in [9.17, 15) is 19.5 Å². The average Bonchev–Trinajstić information content (AvgIpc) is 2.13. The Labute approximate surface area is 81.6 Å². The molecule has 7 nitrogen and oxygen atoms in total. The molecule has 15 heavy (non-hydrogen) atoms. The number of aromatic nitrogens is 3. The van der Waals surface area contributed by atoms with Crippen molar-refractivity contribution in [2.75, 3.05) is 0 Å². The maximum Gasteiger partial charge on any atom is 0.329 e. The van der Waals surface area contributed by atoms with Crippen LogP contribution in [0, 0.1) is 0 Å². The molecule has 0 saturated carbocycles. The molecule has 0 amide bonds. The van der Waals surface area contributed by atoms with E-state index >= 15 is 0 Å². The Balaban J connectivity index is 3.20. The molecular formula is C8H7N3O4. The van der Waals surface area contributed by atoms with Crippen molar-refractivity contribution in [2.24, 2.45) is 7.05 Å². The van der Waals surface area contributed by atoms with Crippen molar-refractivity contribution in [1.82, 2.24) is 14.5 Å². The van der Waals surface area contributed by atoms with Crippen molar-refractivity contribution in [3.05, 3.63) is 37.3 Å². The van der Waals surface area contributed by atoms with Crippen molar-refractivity contribution in [3.8, 4) is 5.75 Å². The lowest BCUT2D eigenvalue weighted by molar-refractivity contribution is 0.479. The molecule has 0 aliphatic rings. The predicted octanol–water partition coefficient (Wildman–Crippen LogP) is -1.38. The van der Waals surface area contributed by atoms with Crippen LogP contribution in [0.3, 0.4) is 0 Å². The molecule has 0 aromatic carbocycles. The van der Waals surface area contributed by atoms with E-state index in [-0.39, 0.29) is 11.0 Å². The van der Waals surface area contributed by atoms with Crippen LogP contribution in [-0.2, 0) is 7.05 Å². The molecule has 0 unspecified atom stereocenters. The van der Waals surface area contributed by atoms with Crippen LogP contribution < -0.4 is 16.8 Å². The zero-order valence-corrected chi connectivity index (χ0v) is 7.70. The summed E-state index contributed by atoms with van der Waals surface area (Å²) in [5, 5.41) is 9.28. The fraction of sp³-hybridized carbons (Fsp3) is 0.125. The molecule has 0 atom stereocenters. The molecule has 2 heterocycles. The Kier molecular flexibility index (Phi) is 1.75. The standard InChI is InChI=1S/C8H7N3O4/c1-11-7(14)5-3(12)2-4(13)9-6(5)10-8(11)15/h2H,1H3,(H3,9,10,12,13,15). The van der Waals surface area contributed by atoms with Gasteiger partial charge < -0.3 is 10.1 Å². The minimum Gasteiger partial charge on any atom is -0.507 e. The van der Waals surface area contributed by atoms with E-state index in [0.717, 1.165) is 10.6 Å². The number of hydrogen-bond donors (Lipinski definition) is 3. The largest absolute Gasteiger partial charge is 0.507 e. The Morgan fingerprint density at radius 2 is 1.93 bits per heavy atom. The number of rotatable bonds is 0. The number of nitrogens with one attached hydrogen (secondary N) is 2. The van der Waals surface area contributed by atoms with Crippen molar-refractivity contribution < 1.29 is 5.11 Å². The number of nitrogens with zero attached hydrogens (tertiary/aromatic N) is 1. The molecule has 2 aromatic rings. The van der Waals surface area contributed by atoms with Gasteiger partial charge in [-0.05, 0) is 0 Å². The number of aromatic hydroxyl groups is 1. The second kappa shape index (κ2) is 2.84. The van der Waals surface area contributed by atoms with Crippen LogP contribution in [0.1, 0.15) is 0 Å². The highest BCUT2D eigenvalue weighted by Gasteiger charge is 2.09. The van der Waals surface area contributed by atoms with Gasteiger partial charge in [-0.25, -0.2) is 4.79 Å². The third kappa shape index (κ3) is 1.25. The molecule has 0 aliphatic heterocycles. The fourth-order valence-corrected chi connectivity index (χ4v) is 1.31. The number of fused-ring (bicyclic) bond motifs is 1. The summed E-state index contributed by atoms with van der Waals surface area (Å²) < 4.78 is 0.806. The summed E-state index contributed by atoms with van der Waals surface area (Å²) in [4.78, 5) is 38.2. The predicted molar refractivity (Wildman–Crippen MR) is 52.1 cm³/mol. The van der Waals surface area contributed by atoms with Crippen molar-refractivity contribution in [1.29, 1.82) is 0 Å². The molecule has 0 spiro atoms. The van der Waals surface area contributed by atoms with Gasteiger partial charge in [0.05, 0.1) is 0 Å². The normalized spacial score (nSPS) is 10.7. The molecule has 3 N–H and O–H groups in total. The van der Waals surface area contributed by atoms with Crippen LogP contribution in [0.15, 0.2) is 20.4 Å². The van der Waals surface area contributed by atoms with Gasteiger partial charge in [0, 0.05) is 13.1 Å². The maximum atomic E-state index is 11.5. The quantitative estimate of drug-likeness (QED) is 0.497. The van der Waals surface area contributed by atoms with E-state index in [1.807, 2.05) is 0 Å². The smallest absolute Gasteiger partial charge is 0.329 e. The van der Waals surface area contributed by atoms with Gasteiger partial charge in [0.25, 0.3) is 11.1 Å². The first kappa shape index (κ1) is 9.25. The van der Waals surface area contributed by atoms with Gasteiger partial charge >= 0.3 is 5.69 Å². The molecule has 0 bridgehead atoms. The molecular weight excluding hydrogens is 202 g/mol. The topological polar surface area (TPSA) is 108 Å². The monoisotopic (exact) mass is 209 g/mol. The number of aromatic amines is 2.